The molecule has 0 spiro atoms. The fourth-order valence-corrected chi connectivity index (χ4v) is 8.43. The number of alkyl halides is 1. The molecule has 3 aliphatic rings. The smallest absolute Gasteiger partial charge is 0.320 e. The normalized spacial score (nSPS) is 20.3. The van der Waals surface area contributed by atoms with Crippen LogP contribution >= 0.6 is 0 Å². The average Bonchev–Trinajstić information content (AvgIpc) is 3.75. The third-order valence-electron chi connectivity index (χ3n) is 11.3. The summed E-state index contributed by atoms with van der Waals surface area (Å²) >= 11 is 0. The van der Waals surface area contributed by atoms with E-state index in [0.29, 0.717) is 53.0 Å². The molecule has 0 saturated carbocycles. The van der Waals surface area contributed by atoms with Gasteiger partial charge in [0, 0.05) is 72.8 Å². The number of hydrogen-bond donors (Lipinski definition) is 1. The fourth-order valence-electron chi connectivity index (χ4n) is 8.43. The summed E-state index contributed by atoms with van der Waals surface area (Å²) in [6, 6.07) is 15.0. The number of halogens is 3. The van der Waals surface area contributed by atoms with Crippen molar-refractivity contribution < 1.29 is 46.7 Å². The van der Waals surface area contributed by atoms with Crippen LogP contribution in [0.4, 0.5) is 19.0 Å². The third-order valence-corrected chi connectivity index (χ3v) is 11.3. The first-order valence-corrected chi connectivity index (χ1v) is 18.8. The number of pyridine rings is 1. The highest BCUT2D eigenvalue weighted by molar-refractivity contribution is 5.85. The van der Waals surface area contributed by atoms with Gasteiger partial charge < -0.3 is 38.4 Å². The van der Waals surface area contributed by atoms with Crippen LogP contribution in [0.25, 0.3) is 10.9 Å². The van der Waals surface area contributed by atoms with Gasteiger partial charge in [0.05, 0.1) is 63.5 Å². The molecule has 2 aromatic heterocycles. The molecule has 5 heterocycles. The second kappa shape index (κ2) is 15.8. The summed E-state index contributed by atoms with van der Waals surface area (Å²) < 4.78 is 80.5. The summed E-state index contributed by atoms with van der Waals surface area (Å²) in [5, 5.41) is 11.0. The second-order valence-electron chi connectivity index (χ2n) is 14.7. The molecular formula is C42H44F3N5O7. The zero-order valence-electron chi connectivity index (χ0n) is 32.2. The first kappa shape index (κ1) is 38.3. The van der Waals surface area contributed by atoms with E-state index < -0.39 is 29.4 Å². The van der Waals surface area contributed by atoms with E-state index in [9.17, 15) is 9.50 Å². The molecule has 0 amide bonds. The molecule has 57 heavy (non-hydrogen) atoms. The van der Waals surface area contributed by atoms with E-state index in [-0.39, 0.29) is 61.1 Å². The van der Waals surface area contributed by atoms with E-state index in [1.165, 1.54) is 0 Å². The van der Waals surface area contributed by atoms with Crippen molar-refractivity contribution >= 4 is 16.7 Å². The van der Waals surface area contributed by atoms with Crippen LogP contribution in [0.3, 0.4) is 0 Å². The molecule has 300 valence electrons. The Labute approximate surface area is 328 Å². The highest BCUT2D eigenvalue weighted by Gasteiger charge is 2.49. The van der Waals surface area contributed by atoms with E-state index in [4.69, 9.17) is 33.4 Å². The Morgan fingerprint density at radius 3 is 2.25 bits per heavy atom. The van der Waals surface area contributed by atoms with Gasteiger partial charge in [0.1, 0.15) is 53.2 Å². The van der Waals surface area contributed by atoms with Gasteiger partial charge in [-0.25, -0.2) is 18.2 Å². The number of ether oxygens (including phenoxy) is 6. The molecule has 0 radical (unpaired) electrons. The van der Waals surface area contributed by atoms with Crippen molar-refractivity contribution in [3.05, 3.63) is 94.2 Å². The van der Waals surface area contributed by atoms with Crippen LogP contribution in [0.5, 0.6) is 34.9 Å². The van der Waals surface area contributed by atoms with Crippen LogP contribution < -0.4 is 28.6 Å². The van der Waals surface area contributed by atoms with Crippen LogP contribution in [-0.4, -0.2) is 84.8 Å². The highest BCUT2D eigenvalue weighted by atomic mass is 19.1. The molecule has 3 aromatic carbocycles. The van der Waals surface area contributed by atoms with Gasteiger partial charge in [-0.2, -0.15) is 9.97 Å². The number of anilines is 1. The molecule has 2 fully saturated rings. The van der Waals surface area contributed by atoms with Crippen LogP contribution in [0.2, 0.25) is 0 Å². The van der Waals surface area contributed by atoms with Gasteiger partial charge in [0.2, 0.25) is 5.88 Å². The molecule has 3 atom stereocenters. The molecule has 3 aliphatic heterocycles. The Morgan fingerprint density at radius 2 is 1.58 bits per heavy atom. The first-order valence-electron chi connectivity index (χ1n) is 18.8. The summed E-state index contributed by atoms with van der Waals surface area (Å²) in [6.07, 6.45) is 0.247. The number of aromatic nitrogens is 3. The van der Waals surface area contributed by atoms with Gasteiger partial charge in [-0.15, -0.1) is 0 Å². The zero-order valence-corrected chi connectivity index (χ0v) is 32.2. The van der Waals surface area contributed by atoms with Crippen molar-refractivity contribution in [1.82, 2.24) is 19.9 Å². The number of fused-ring (bicyclic) bond motifs is 3. The van der Waals surface area contributed by atoms with Gasteiger partial charge in [-0.3, -0.25) is 4.90 Å². The lowest BCUT2D eigenvalue weighted by Gasteiger charge is -2.31. The fraction of sp³-hybridized carbons (Fsp3) is 0.405. The Hall–Kier alpha value is -5.54. The lowest BCUT2D eigenvalue weighted by molar-refractivity contribution is 0.0221. The number of hydrogen-bond acceptors (Lipinski definition) is 12. The predicted octanol–water partition coefficient (Wildman–Crippen LogP) is 7.02. The van der Waals surface area contributed by atoms with E-state index in [2.05, 4.69) is 14.9 Å². The summed E-state index contributed by atoms with van der Waals surface area (Å²) in [6.45, 7) is 1.78. The Bertz CT molecular complexity index is 2240. The molecule has 8 rings (SSSR count). The number of rotatable bonds is 13. The zero-order chi connectivity index (χ0) is 39.8. The molecule has 0 bridgehead atoms. The number of nitrogens with zero attached hydrogens (tertiary/aromatic N) is 5. The van der Waals surface area contributed by atoms with Gasteiger partial charge in [0.25, 0.3) is 0 Å². The monoisotopic (exact) mass is 787 g/mol. The Balaban J connectivity index is 1.15. The average molecular weight is 788 g/mol. The van der Waals surface area contributed by atoms with Crippen molar-refractivity contribution in [2.24, 2.45) is 0 Å². The second-order valence-corrected chi connectivity index (χ2v) is 14.7. The predicted molar refractivity (Wildman–Crippen MR) is 204 cm³/mol. The van der Waals surface area contributed by atoms with Crippen molar-refractivity contribution in [3.8, 4) is 34.9 Å². The third kappa shape index (κ3) is 7.41. The topological polar surface area (TPSA) is 121 Å². The van der Waals surface area contributed by atoms with Crippen LogP contribution in [0.1, 0.15) is 53.3 Å². The highest BCUT2D eigenvalue weighted by Crippen LogP contribution is 2.42. The molecule has 5 aromatic rings. The summed E-state index contributed by atoms with van der Waals surface area (Å²) in [5.74, 6) is 0.888. The van der Waals surface area contributed by atoms with E-state index in [0.717, 1.165) is 36.6 Å². The maximum absolute atomic E-state index is 16.1. The maximum atomic E-state index is 16.1. The lowest BCUT2D eigenvalue weighted by Crippen LogP contribution is -2.43. The Morgan fingerprint density at radius 1 is 0.877 bits per heavy atom. The lowest BCUT2D eigenvalue weighted by atomic mass is 9.95. The number of aromatic hydroxyl groups is 1. The molecule has 1 N–H and O–H groups in total. The molecule has 0 aliphatic carbocycles. The molecule has 2 unspecified atom stereocenters. The maximum Gasteiger partial charge on any atom is 0.320 e. The SMILES string of the molecule is COc1ccc(CN(Cc2ccc(OC)cc2OC)c2ccc3c(F)cc(F)c(C4Cc5nc(OCC67CCCN6C[C@H](F)C7)nc(O)c5CO4)c3n2)c(OC)c1. The molecule has 12 nitrogen and oxygen atoms in total. The molecular weight excluding hydrogens is 743 g/mol. The van der Waals surface area contributed by atoms with Crippen LogP contribution in [-0.2, 0) is 30.9 Å². The minimum absolute atomic E-state index is 0.0188. The van der Waals surface area contributed by atoms with E-state index >= 15 is 8.78 Å². The summed E-state index contributed by atoms with van der Waals surface area (Å²) in [4.78, 5) is 17.8. The van der Waals surface area contributed by atoms with E-state index in [1.54, 1.807) is 52.7 Å². The van der Waals surface area contributed by atoms with Crippen molar-refractivity contribution in [1.29, 1.82) is 0 Å². The molecule has 2 saturated heterocycles. The number of benzene rings is 3. The van der Waals surface area contributed by atoms with E-state index in [1.807, 2.05) is 29.2 Å². The van der Waals surface area contributed by atoms with Crippen molar-refractivity contribution in [3.63, 3.8) is 0 Å². The minimum atomic E-state index is -0.951. The number of methoxy groups -OCH3 is 4. The van der Waals surface area contributed by atoms with Crippen molar-refractivity contribution in [2.45, 2.75) is 63.2 Å². The standard InChI is InChI=1S/C42H44F3N5O7/c1-52-27-8-6-24(34(14-27)54-3)19-49(20-25-7-9-28(53-2)15-35(25)55-4)37-11-10-29-31(44)16-32(45)38(39(29)47-37)36-17-33-30(22-56-36)40(51)48-41(46-33)57-23-42-12-5-13-50(42)21-26(43)18-42/h6-11,14-16,26,36H,5,12-13,17-23H2,1-4H3,(H,46,48,51)/t26-,36?,42?/m1/s1. The van der Waals surface area contributed by atoms with Crippen LogP contribution in [0.15, 0.2) is 54.6 Å². The summed E-state index contributed by atoms with van der Waals surface area (Å²) in [5.41, 5.74) is 2.04. The van der Waals surface area contributed by atoms with Crippen molar-refractivity contribution in [2.75, 3.05) is 53.0 Å². The Kier molecular flexibility index (Phi) is 10.6. The van der Waals surface area contributed by atoms with Gasteiger partial charge in [-0.05, 0) is 55.8 Å². The quantitative estimate of drug-likeness (QED) is 0.132. The van der Waals surface area contributed by atoms with Gasteiger partial charge in [0.15, 0.2) is 0 Å². The molecule has 15 heteroatoms. The first-order chi connectivity index (χ1) is 27.6. The minimum Gasteiger partial charge on any atom is -0.497 e. The van der Waals surface area contributed by atoms with Gasteiger partial charge >= 0.3 is 6.01 Å². The van der Waals surface area contributed by atoms with Gasteiger partial charge in [-0.1, -0.05) is 0 Å². The largest absolute Gasteiger partial charge is 0.497 e. The summed E-state index contributed by atoms with van der Waals surface area (Å²) in [7, 11) is 6.29. The van der Waals surface area contributed by atoms with Crippen LogP contribution in [0, 0.1) is 11.6 Å².